The molecule has 6 aliphatic rings. The predicted octanol–water partition coefficient (Wildman–Crippen LogP) is 3.90. The van der Waals surface area contributed by atoms with Crippen LogP contribution in [0.1, 0.15) is 100 Å². The quantitative estimate of drug-likeness (QED) is 0.0440. The first-order chi connectivity index (χ1) is 28.8. The van der Waals surface area contributed by atoms with Crippen LogP contribution in [0.25, 0.3) is 0 Å². The lowest BCUT2D eigenvalue weighted by Crippen LogP contribution is -2.28. The van der Waals surface area contributed by atoms with E-state index >= 15 is 0 Å². The maximum atomic E-state index is 13.2. The number of anilines is 2. The summed E-state index contributed by atoms with van der Waals surface area (Å²) in [6.45, 7) is 4.27. The minimum atomic E-state index is -0.372. The van der Waals surface area contributed by atoms with Crippen molar-refractivity contribution in [2.24, 2.45) is 5.73 Å². The number of hydrogen-bond donors (Lipinski definition) is 6. The van der Waals surface area contributed by atoms with Gasteiger partial charge in [0.1, 0.15) is 0 Å². The molecule has 5 amide bonds. The summed E-state index contributed by atoms with van der Waals surface area (Å²) in [6, 6.07) is 4.81. The number of amides is 5. The molecule has 0 aromatic heterocycles. The summed E-state index contributed by atoms with van der Waals surface area (Å²) < 4.78 is 16.3. The van der Waals surface area contributed by atoms with Crippen LogP contribution in [0.3, 0.4) is 0 Å². The van der Waals surface area contributed by atoms with Crippen LogP contribution in [-0.2, 0) is 33.4 Å². The number of rotatable bonds is 34. The van der Waals surface area contributed by atoms with Crippen LogP contribution in [0, 0.1) is 0 Å². The van der Waals surface area contributed by atoms with E-state index in [0.29, 0.717) is 103 Å². The Bertz CT molecular complexity index is 1570. The molecule has 330 valence electrons. The number of nitrogens with two attached hydrogens (primary N) is 1. The Kier molecular flexibility index (Phi) is 15.6. The minimum Gasteiger partial charge on any atom is -0.378 e. The Balaban J connectivity index is 0.766. The Morgan fingerprint density at radius 2 is 0.983 bits per heavy atom. The molecule has 0 aliphatic carbocycles. The molecule has 7 N–H and O–H groups in total. The topological polar surface area (TPSA) is 199 Å². The molecule has 2 spiro atoms. The lowest BCUT2D eigenvalue weighted by molar-refractivity contribution is -0.122. The molecule has 0 saturated carbocycles. The van der Waals surface area contributed by atoms with Gasteiger partial charge in [-0.2, -0.15) is 0 Å². The van der Waals surface area contributed by atoms with Crippen molar-refractivity contribution in [1.82, 2.24) is 16.0 Å². The predicted molar refractivity (Wildman–Crippen MR) is 236 cm³/mol. The maximum absolute atomic E-state index is 13.2. The van der Waals surface area contributed by atoms with Crippen LogP contribution < -0.4 is 32.3 Å². The van der Waals surface area contributed by atoms with Gasteiger partial charge in [0.05, 0.1) is 39.6 Å². The van der Waals surface area contributed by atoms with E-state index in [1.54, 1.807) is 29.7 Å². The van der Waals surface area contributed by atoms with Gasteiger partial charge in [-0.3, -0.25) is 24.0 Å². The van der Waals surface area contributed by atoms with E-state index in [1.165, 1.54) is 23.3 Å². The molecule has 6 aliphatic heterocycles. The van der Waals surface area contributed by atoms with Crippen LogP contribution in [0.4, 0.5) is 11.4 Å². The van der Waals surface area contributed by atoms with Gasteiger partial charge >= 0.3 is 0 Å². The Morgan fingerprint density at radius 1 is 0.542 bits per heavy atom. The van der Waals surface area contributed by atoms with Crippen molar-refractivity contribution in [1.29, 1.82) is 0 Å². The molecular formula is C43H68N6O8S2. The van der Waals surface area contributed by atoms with Gasteiger partial charge in [-0.05, 0) is 81.1 Å². The highest BCUT2D eigenvalue weighted by Gasteiger charge is 2.93. The number of nitrogens with one attached hydrogen (secondary N) is 5. The Hall–Kier alpha value is -2.89. The van der Waals surface area contributed by atoms with Crippen molar-refractivity contribution in [3.05, 3.63) is 23.8 Å². The summed E-state index contributed by atoms with van der Waals surface area (Å²) in [7, 11) is 0.00805. The Morgan fingerprint density at radius 3 is 1.44 bits per heavy atom. The fourth-order valence-corrected chi connectivity index (χ4v) is 19.9. The fraction of sp³-hybridized carbons (Fsp3) is 0.744. The summed E-state index contributed by atoms with van der Waals surface area (Å²) >= 11 is 0. The van der Waals surface area contributed by atoms with E-state index in [4.69, 9.17) is 19.9 Å². The van der Waals surface area contributed by atoms with Crippen molar-refractivity contribution < 1.29 is 38.2 Å². The molecule has 8 atom stereocenters. The van der Waals surface area contributed by atoms with Gasteiger partial charge in [0.15, 0.2) is 0 Å². The number of benzene rings is 1. The third-order valence-corrected chi connectivity index (χ3v) is 22.6. The van der Waals surface area contributed by atoms with Gasteiger partial charge in [0, 0.05) is 100 Å². The van der Waals surface area contributed by atoms with Crippen LogP contribution in [0.15, 0.2) is 18.2 Å². The highest BCUT2D eigenvalue weighted by Crippen LogP contribution is 3.09. The van der Waals surface area contributed by atoms with Gasteiger partial charge in [0.25, 0.3) is 5.91 Å². The molecule has 0 bridgehead atoms. The summed E-state index contributed by atoms with van der Waals surface area (Å²) in [5.41, 5.74) is 6.46. The molecule has 6 saturated heterocycles. The first-order valence-electron chi connectivity index (χ1n) is 22.3. The number of ether oxygens (including phenoxy) is 3. The molecule has 8 unspecified atom stereocenters. The third kappa shape index (κ3) is 11.9. The zero-order valence-electron chi connectivity index (χ0n) is 34.7. The van der Waals surface area contributed by atoms with Gasteiger partial charge in [-0.15, -0.1) is 0 Å². The number of hydrogen-bond acceptors (Lipinski definition) is 9. The van der Waals surface area contributed by atoms with Crippen LogP contribution in [0.5, 0.6) is 0 Å². The SMILES string of the molecule is NCCOCCOCCOCCNC(=O)c1cc(NC(=O)CCCCNC(=O)CCCCC2C3C4CS243)cc(NC(=O)CCCCNC(=O)CCCCC2C3C4CS243)c1. The molecule has 6 heterocycles. The van der Waals surface area contributed by atoms with Crippen molar-refractivity contribution in [2.45, 2.75) is 121 Å². The lowest BCUT2D eigenvalue weighted by atomic mass is 10.1. The Labute approximate surface area is 352 Å². The van der Waals surface area contributed by atoms with E-state index in [1.807, 2.05) is 0 Å². The van der Waals surface area contributed by atoms with Crippen molar-refractivity contribution in [2.75, 3.05) is 88.0 Å². The monoisotopic (exact) mass is 860 g/mol. The lowest BCUT2D eigenvalue weighted by Gasteiger charge is -2.13. The van der Waals surface area contributed by atoms with Gasteiger partial charge in [-0.25, -0.2) is 20.1 Å². The van der Waals surface area contributed by atoms with E-state index in [-0.39, 0.29) is 81.1 Å². The average molecular weight is 861 g/mol. The summed E-state index contributed by atoms with van der Waals surface area (Å²) in [5.74, 6) is 2.46. The van der Waals surface area contributed by atoms with Crippen molar-refractivity contribution in [3.63, 3.8) is 0 Å². The number of fused-ring (bicyclic) bond motifs is 2. The number of unbranched alkanes of at least 4 members (excludes halogenated alkanes) is 4. The zero-order chi connectivity index (χ0) is 41.2. The third-order valence-electron chi connectivity index (χ3n) is 13.0. The van der Waals surface area contributed by atoms with Crippen molar-refractivity contribution in [3.8, 4) is 0 Å². The number of carbonyl (C=O) groups excluding carboxylic acids is 5. The molecule has 1 aromatic carbocycles. The maximum Gasteiger partial charge on any atom is 0.251 e. The van der Waals surface area contributed by atoms with E-state index in [9.17, 15) is 24.0 Å². The van der Waals surface area contributed by atoms with E-state index in [0.717, 1.165) is 46.7 Å². The second kappa shape index (κ2) is 20.8. The normalized spacial score (nSPS) is 29.7. The zero-order valence-corrected chi connectivity index (χ0v) is 36.4. The molecular weight excluding hydrogens is 793 g/mol. The number of carbonyl (C=O) groups is 5. The summed E-state index contributed by atoms with van der Waals surface area (Å²) in [4.78, 5) is 63.5. The highest BCUT2D eigenvalue weighted by molar-refractivity contribution is 8.54. The first kappa shape index (κ1) is 44.2. The smallest absolute Gasteiger partial charge is 0.251 e. The van der Waals surface area contributed by atoms with Gasteiger partial charge < -0.3 is 46.5 Å². The molecule has 0 radical (unpaired) electrons. The van der Waals surface area contributed by atoms with Crippen LogP contribution in [0.2, 0.25) is 0 Å². The highest BCUT2D eigenvalue weighted by atomic mass is 32.3. The largest absolute Gasteiger partial charge is 0.378 e. The van der Waals surface area contributed by atoms with Crippen LogP contribution >= 0.6 is 20.1 Å². The molecule has 16 heteroatoms. The van der Waals surface area contributed by atoms with Gasteiger partial charge in [-0.1, -0.05) is 12.8 Å². The molecule has 1 aromatic rings. The summed E-state index contributed by atoms with van der Waals surface area (Å²) in [5, 5.41) is 21.3. The standard InChI is InChI=1S/C43H68N6O8S2/c44-15-19-55-21-23-57-24-22-56-20-18-47-43(54)30-25-31(48-39(52)13-5-7-16-45-37(50)11-3-1-9-33-41-35-28-58(33,35)41)27-32(26-30)49-40(53)14-6-8-17-46-38(51)12-4-2-10-34-42-36-29-59(34,36)42/h25-27,33-36,41-42H,1-24,28-29,44H2,(H,45,50)(H,46,51)(H,47,54)(H,48,52)(H,49,53). The van der Waals surface area contributed by atoms with Crippen LogP contribution in [-0.4, -0.2) is 138 Å². The molecule has 14 nitrogen and oxygen atoms in total. The average Bonchev–Trinajstić information content (AvgIpc) is 3.97. The summed E-state index contributed by atoms with van der Waals surface area (Å²) in [6.07, 6.45) is 11.1. The van der Waals surface area contributed by atoms with E-state index < -0.39 is 0 Å². The first-order valence-corrected chi connectivity index (χ1v) is 26.3. The minimum absolute atomic E-state index is 0.00402. The second-order valence-corrected chi connectivity index (χ2v) is 24.9. The molecule has 59 heavy (non-hydrogen) atoms. The van der Waals surface area contributed by atoms with Crippen molar-refractivity contribution >= 4 is 61.0 Å². The molecule has 7 rings (SSSR count). The van der Waals surface area contributed by atoms with Gasteiger partial charge in [0.2, 0.25) is 23.6 Å². The fourth-order valence-electron chi connectivity index (χ4n) is 9.26. The van der Waals surface area contributed by atoms with E-state index in [2.05, 4.69) is 26.6 Å². The second-order valence-electron chi connectivity index (χ2n) is 17.1. The molecule has 6 fully saturated rings.